The molecule has 6 heteroatoms. The van der Waals surface area contributed by atoms with Crippen molar-refractivity contribution in [1.82, 2.24) is 4.90 Å². The minimum atomic E-state index is -4.36. The quantitative estimate of drug-likeness (QED) is 0.697. The number of para-hydroxylation sites is 1. The molecule has 1 amide bonds. The Labute approximate surface area is 163 Å². The van der Waals surface area contributed by atoms with Crippen molar-refractivity contribution in [1.29, 1.82) is 0 Å². The summed E-state index contributed by atoms with van der Waals surface area (Å²) in [6, 6.07) is 14.8. The number of halogens is 3. The number of carbonyl (C=O) groups is 1. The maximum atomic E-state index is 12.8. The van der Waals surface area contributed by atoms with Crippen LogP contribution in [0.15, 0.2) is 54.6 Å². The molecule has 0 spiro atoms. The second-order valence-corrected chi connectivity index (χ2v) is 7.17. The van der Waals surface area contributed by atoms with E-state index in [0.717, 1.165) is 30.7 Å². The molecule has 0 radical (unpaired) electrons. The normalized spacial score (nSPS) is 17.4. The summed E-state index contributed by atoms with van der Waals surface area (Å²) < 4.78 is 44.2. The van der Waals surface area contributed by atoms with Crippen LogP contribution in [0.2, 0.25) is 0 Å². The predicted octanol–water partition coefficient (Wildman–Crippen LogP) is 4.96. The summed E-state index contributed by atoms with van der Waals surface area (Å²) in [4.78, 5) is 14.4. The van der Waals surface area contributed by atoms with E-state index in [0.29, 0.717) is 31.7 Å². The van der Waals surface area contributed by atoms with Crippen molar-refractivity contribution in [3.8, 4) is 5.75 Å². The maximum Gasteiger partial charge on any atom is 0.416 e. The summed E-state index contributed by atoms with van der Waals surface area (Å²) >= 11 is 0. The second-order valence-electron chi connectivity index (χ2n) is 7.17. The van der Waals surface area contributed by atoms with E-state index in [1.165, 1.54) is 6.07 Å². The Morgan fingerprint density at radius 1 is 1.11 bits per heavy atom. The minimum absolute atomic E-state index is 0.0122. The molecule has 0 saturated carbocycles. The van der Waals surface area contributed by atoms with Crippen molar-refractivity contribution in [3.63, 3.8) is 0 Å². The zero-order chi connectivity index (χ0) is 20.0. The van der Waals surface area contributed by atoms with Gasteiger partial charge in [-0.1, -0.05) is 36.4 Å². The molecule has 0 aromatic heterocycles. The first kappa shape index (κ1) is 20.2. The van der Waals surface area contributed by atoms with Crippen molar-refractivity contribution in [2.24, 2.45) is 5.92 Å². The highest BCUT2D eigenvalue weighted by atomic mass is 19.4. The molecule has 1 atom stereocenters. The van der Waals surface area contributed by atoms with Gasteiger partial charge >= 0.3 is 6.18 Å². The molecule has 28 heavy (non-hydrogen) atoms. The number of rotatable bonds is 6. The summed E-state index contributed by atoms with van der Waals surface area (Å²) in [6.45, 7) is 1.89. The number of amides is 1. The van der Waals surface area contributed by atoms with E-state index in [1.807, 2.05) is 35.2 Å². The molecule has 3 nitrogen and oxygen atoms in total. The molecule has 2 aromatic carbocycles. The van der Waals surface area contributed by atoms with Gasteiger partial charge in [-0.15, -0.1) is 0 Å². The van der Waals surface area contributed by atoms with Crippen molar-refractivity contribution < 1.29 is 22.7 Å². The van der Waals surface area contributed by atoms with Crippen LogP contribution < -0.4 is 4.74 Å². The third-order valence-electron chi connectivity index (χ3n) is 4.98. The Hall–Kier alpha value is -2.50. The SMILES string of the molecule is O=C(CCc1cccc(C(F)(F)F)c1)N1CCCC(COc2ccccc2)C1. The van der Waals surface area contributed by atoms with Crippen molar-refractivity contribution in [2.45, 2.75) is 31.9 Å². The molecule has 2 aromatic rings. The lowest BCUT2D eigenvalue weighted by Crippen LogP contribution is -2.41. The molecular formula is C22H24F3NO2. The second kappa shape index (κ2) is 9.13. The Balaban J connectivity index is 1.49. The largest absolute Gasteiger partial charge is 0.493 e. The average molecular weight is 391 g/mol. The molecule has 1 unspecified atom stereocenters. The van der Waals surface area contributed by atoms with Crippen LogP contribution in [-0.4, -0.2) is 30.5 Å². The molecular weight excluding hydrogens is 367 g/mol. The molecule has 0 bridgehead atoms. The van der Waals surface area contributed by atoms with Crippen LogP contribution in [0.1, 0.15) is 30.4 Å². The van der Waals surface area contributed by atoms with E-state index in [-0.39, 0.29) is 18.2 Å². The minimum Gasteiger partial charge on any atom is -0.493 e. The monoisotopic (exact) mass is 391 g/mol. The zero-order valence-corrected chi connectivity index (χ0v) is 15.6. The van der Waals surface area contributed by atoms with Gasteiger partial charge in [0.1, 0.15) is 5.75 Å². The zero-order valence-electron chi connectivity index (χ0n) is 15.6. The van der Waals surface area contributed by atoms with Gasteiger partial charge in [0.15, 0.2) is 0 Å². The lowest BCUT2D eigenvalue weighted by atomic mass is 9.98. The third-order valence-corrected chi connectivity index (χ3v) is 4.98. The fourth-order valence-corrected chi connectivity index (χ4v) is 3.47. The van der Waals surface area contributed by atoms with Crippen LogP contribution in [0.5, 0.6) is 5.75 Å². The first-order valence-corrected chi connectivity index (χ1v) is 9.53. The summed E-state index contributed by atoms with van der Waals surface area (Å²) in [5, 5.41) is 0. The lowest BCUT2D eigenvalue weighted by molar-refractivity contribution is -0.137. The number of nitrogens with zero attached hydrogens (tertiary/aromatic N) is 1. The van der Waals surface area contributed by atoms with Gasteiger partial charge in [-0.25, -0.2) is 0 Å². The number of piperidine rings is 1. The molecule has 0 N–H and O–H groups in total. The van der Waals surface area contributed by atoms with Gasteiger partial charge in [0.05, 0.1) is 12.2 Å². The van der Waals surface area contributed by atoms with E-state index in [2.05, 4.69) is 0 Å². The van der Waals surface area contributed by atoms with E-state index in [4.69, 9.17) is 4.74 Å². The van der Waals surface area contributed by atoms with Crippen LogP contribution in [0.25, 0.3) is 0 Å². The Morgan fingerprint density at radius 2 is 1.89 bits per heavy atom. The van der Waals surface area contributed by atoms with Crippen molar-refractivity contribution in [2.75, 3.05) is 19.7 Å². The van der Waals surface area contributed by atoms with Crippen molar-refractivity contribution in [3.05, 3.63) is 65.7 Å². The van der Waals surface area contributed by atoms with Gasteiger partial charge in [0.25, 0.3) is 0 Å². The van der Waals surface area contributed by atoms with Gasteiger partial charge < -0.3 is 9.64 Å². The van der Waals surface area contributed by atoms with Gasteiger partial charge in [0, 0.05) is 25.4 Å². The Morgan fingerprint density at radius 3 is 2.64 bits per heavy atom. The fourth-order valence-electron chi connectivity index (χ4n) is 3.47. The third kappa shape index (κ3) is 5.75. The molecule has 0 aliphatic carbocycles. The number of ether oxygens (including phenoxy) is 1. The highest BCUT2D eigenvalue weighted by Gasteiger charge is 2.30. The van der Waals surface area contributed by atoms with Crippen LogP contribution in [0, 0.1) is 5.92 Å². The molecule has 3 rings (SSSR count). The number of hydrogen-bond acceptors (Lipinski definition) is 2. The molecule has 1 fully saturated rings. The summed E-state index contributed by atoms with van der Waals surface area (Å²) in [5.41, 5.74) is -0.141. The van der Waals surface area contributed by atoms with Gasteiger partial charge in [-0.3, -0.25) is 4.79 Å². The number of alkyl halides is 3. The fraction of sp³-hybridized carbons (Fsp3) is 0.409. The van der Waals surface area contributed by atoms with Crippen LogP contribution in [-0.2, 0) is 17.4 Å². The first-order valence-electron chi connectivity index (χ1n) is 9.53. The summed E-state index contributed by atoms with van der Waals surface area (Å²) in [5.74, 6) is 1.07. The summed E-state index contributed by atoms with van der Waals surface area (Å²) in [7, 11) is 0. The maximum absolute atomic E-state index is 12.8. The van der Waals surface area contributed by atoms with Gasteiger partial charge in [0.2, 0.25) is 5.91 Å². The van der Waals surface area contributed by atoms with Gasteiger partial charge in [-0.2, -0.15) is 13.2 Å². The van der Waals surface area contributed by atoms with E-state index >= 15 is 0 Å². The summed E-state index contributed by atoms with van der Waals surface area (Å²) in [6.07, 6.45) is -1.92. The number of hydrogen-bond donors (Lipinski definition) is 0. The van der Waals surface area contributed by atoms with Crippen LogP contribution in [0.3, 0.4) is 0 Å². The van der Waals surface area contributed by atoms with E-state index in [1.54, 1.807) is 6.07 Å². The topological polar surface area (TPSA) is 29.5 Å². The number of carbonyl (C=O) groups excluding carboxylic acids is 1. The Bertz CT molecular complexity index is 777. The molecule has 1 saturated heterocycles. The van der Waals surface area contributed by atoms with Crippen molar-refractivity contribution >= 4 is 5.91 Å². The smallest absolute Gasteiger partial charge is 0.416 e. The molecule has 150 valence electrons. The van der Waals surface area contributed by atoms with E-state index in [9.17, 15) is 18.0 Å². The molecule has 1 aliphatic heterocycles. The molecule has 1 heterocycles. The van der Waals surface area contributed by atoms with Crippen LogP contribution in [0.4, 0.5) is 13.2 Å². The van der Waals surface area contributed by atoms with Gasteiger partial charge in [-0.05, 0) is 43.0 Å². The number of aryl methyl sites for hydroxylation is 1. The highest BCUT2D eigenvalue weighted by Crippen LogP contribution is 2.29. The van der Waals surface area contributed by atoms with Crippen LogP contribution >= 0.6 is 0 Å². The Kier molecular flexibility index (Phi) is 6.60. The standard InChI is InChI=1S/C22H24F3NO2/c23-22(24,25)19-8-4-6-17(14-19)11-12-21(27)26-13-5-7-18(15-26)16-28-20-9-2-1-3-10-20/h1-4,6,8-10,14,18H,5,7,11-13,15-16H2. The predicted molar refractivity (Wildman–Crippen MR) is 101 cm³/mol. The van der Waals surface area contributed by atoms with E-state index < -0.39 is 11.7 Å². The number of likely N-dealkylation sites (tertiary alicyclic amines) is 1. The lowest BCUT2D eigenvalue weighted by Gasteiger charge is -2.32. The number of benzene rings is 2. The average Bonchev–Trinajstić information content (AvgIpc) is 2.71. The first-order chi connectivity index (χ1) is 13.4. The highest BCUT2D eigenvalue weighted by molar-refractivity contribution is 5.76. The molecule has 1 aliphatic rings.